The molecule has 0 bridgehead atoms. The highest BCUT2D eigenvalue weighted by molar-refractivity contribution is 6.30. The summed E-state index contributed by atoms with van der Waals surface area (Å²) in [5.74, 6) is 0. The van der Waals surface area contributed by atoms with Crippen LogP contribution in [0.5, 0.6) is 0 Å². The van der Waals surface area contributed by atoms with Crippen LogP contribution < -0.4 is 0 Å². The number of halogens is 5. The second kappa shape index (κ2) is 5.06. The molecule has 0 fully saturated rings. The Morgan fingerprint density at radius 2 is 2.00 bits per heavy atom. The largest absolute Gasteiger partial charge is 0.416 e. The van der Waals surface area contributed by atoms with Gasteiger partial charge in [-0.2, -0.15) is 13.2 Å². The number of alkyl halides is 4. The lowest BCUT2D eigenvalue weighted by atomic mass is 10.0. The van der Waals surface area contributed by atoms with E-state index in [0.717, 1.165) is 6.07 Å². The van der Waals surface area contributed by atoms with Crippen LogP contribution in [0.15, 0.2) is 18.2 Å². The Balaban J connectivity index is 3.13. The van der Waals surface area contributed by atoms with E-state index in [1.54, 1.807) is 0 Å². The van der Waals surface area contributed by atoms with Gasteiger partial charge in [0.05, 0.1) is 10.9 Å². The highest BCUT2D eigenvalue weighted by Gasteiger charge is 2.33. The highest BCUT2D eigenvalue weighted by atomic mass is 35.5. The number of hydrogen-bond acceptors (Lipinski definition) is 1. The predicted octanol–water partition coefficient (Wildman–Crippen LogP) is 3.71. The van der Waals surface area contributed by atoms with E-state index in [4.69, 9.17) is 23.2 Å². The molecule has 1 rings (SSSR count). The van der Waals surface area contributed by atoms with Crippen LogP contribution in [-0.2, 0) is 17.4 Å². The van der Waals surface area contributed by atoms with Crippen molar-refractivity contribution in [3.8, 4) is 0 Å². The quantitative estimate of drug-likeness (QED) is 0.605. The molecule has 0 aliphatic carbocycles. The summed E-state index contributed by atoms with van der Waals surface area (Å²) in [5.41, 5.74) is -0.892. The van der Waals surface area contributed by atoms with Crippen molar-refractivity contribution >= 4 is 29.5 Å². The number of aldehydes is 1. The third kappa shape index (κ3) is 3.39. The van der Waals surface area contributed by atoms with Crippen LogP contribution in [-0.4, -0.2) is 11.7 Å². The summed E-state index contributed by atoms with van der Waals surface area (Å²) >= 11 is 11.0. The molecule has 0 radical (unpaired) electrons. The van der Waals surface area contributed by atoms with Crippen LogP contribution >= 0.6 is 23.2 Å². The zero-order chi connectivity index (χ0) is 12.3. The zero-order valence-corrected chi connectivity index (χ0v) is 9.40. The molecule has 1 atom stereocenters. The first-order chi connectivity index (χ1) is 7.34. The van der Waals surface area contributed by atoms with E-state index < -0.39 is 17.1 Å². The lowest BCUT2D eigenvalue weighted by Crippen LogP contribution is -2.13. The van der Waals surface area contributed by atoms with E-state index in [0.29, 0.717) is 6.29 Å². The SMILES string of the molecule is O=CC(Cl)Cc1ccc(Cl)cc1C(F)(F)F. The summed E-state index contributed by atoms with van der Waals surface area (Å²) in [6.07, 6.45) is -4.27. The molecule has 1 unspecified atom stereocenters. The van der Waals surface area contributed by atoms with Gasteiger partial charge in [-0.3, -0.25) is 0 Å². The lowest BCUT2D eigenvalue weighted by Gasteiger charge is -2.13. The van der Waals surface area contributed by atoms with Gasteiger partial charge in [0.25, 0.3) is 0 Å². The zero-order valence-electron chi connectivity index (χ0n) is 7.89. The molecule has 0 amide bonds. The van der Waals surface area contributed by atoms with Gasteiger partial charge in [0.2, 0.25) is 0 Å². The van der Waals surface area contributed by atoms with Crippen LogP contribution in [0.2, 0.25) is 5.02 Å². The molecule has 0 aromatic heterocycles. The molecule has 88 valence electrons. The van der Waals surface area contributed by atoms with Crippen molar-refractivity contribution in [1.29, 1.82) is 0 Å². The second-order valence-electron chi connectivity index (χ2n) is 3.16. The lowest BCUT2D eigenvalue weighted by molar-refractivity contribution is -0.138. The normalized spacial score (nSPS) is 13.6. The average molecular weight is 271 g/mol. The third-order valence-electron chi connectivity index (χ3n) is 1.94. The van der Waals surface area contributed by atoms with Gasteiger partial charge < -0.3 is 4.79 Å². The molecule has 0 heterocycles. The predicted molar refractivity (Wildman–Crippen MR) is 55.9 cm³/mol. The molecule has 0 aliphatic rings. The molecule has 0 aliphatic heterocycles. The molecule has 0 saturated carbocycles. The summed E-state index contributed by atoms with van der Waals surface area (Å²) in [4.78, 5) is 10.3. The molecular formula is C10H7Cl2F3O. The first kappa shape index (κ1) is 13.3. The fraction of sp³-hybridized carbons (Fsp3) is 0.300. The van der Waals surface area contributed by atoms with E-state index >= 15 is 0 Å². The Labute approximate surface area is 100 Å². The maximum Gasteiger partial charge on any atom is 0.416 e. The van der Waals surface area contributed by atoms with Crippen molar-refractivity contribution in [2.24, 2.45) is 0 Å². The molecule has 6 heteroatoms. The Kier molecular flexibility index (Phi) is 4.21. The first-order valence-corrected chi connectivity index (χ1v) is 5.11. The Morgan fingerprint density at radius 1 is 1.38 bits per heavy atom. The fourth-order valence-corrected chi connectivity index (χ4v) is 1.59. The van der Waals surface area contributed by atoms with Crippen LogP contribution in [0, 0.1) is 0 Å². The Morgan fingerprint density at radius 3 is 2.50 bits per heavy atom. The number of rotatable bonds is 3. The van der Waals surface area contributed by atoms with Crippen molar-refractivity contribution in [1.82, 2.24) is 0 Å². The summed E-state index contributed by atoms with van der Waals surface area (Å²) in [5, 5.41) is -0.976. The van der Waals surface area contributed by atoms with E-state index in [1.807, 2.05) is 0 Å². The summed E-state index contributed by atoms with van der Waals surface area (Å²) in [6.45, 7) is 0. The van der Waals surface area contributed by atoms with Crippen molar-refractivity contribution in [2.45, 2.75) is 18.0 Å². The first-order valence-electron chi connectivity index (χ1n) is 4.29. The van der Waals surface area contributed by atoms with Gasteiger partial charge in [-0.1, -0.05) is 17.7 Å². The Hall–Kier alpha value is -0.740. The van der Waals surface area contributed by atoms with E-state index in [-0.39, 0.29) is 17.0 Å². The number of hydrogen-bond donors (Lipinski definition) is 0. The summed E-state index contributed by atoms with van der Waals surface area (Å²) < 4.78 is 37.8. The van der Waals surface area contributed by atoms with Gasteiger partial charge in [-0.25, -0.2) is 0 Å². The minimum absolute atomic E-state index is 0.00620. The molecule has 16 heavy (non-hydrogen) atoms. The van der Waals surface area contributed by atoms with Crippen LogP contribution in [0.1, 0.15) is 11.1 Å². The Bertz CT molecular complexity index is 390. The van der Waals surface area contributed by atoms with Crippen LogP contribution in [0.25, 0.3) is 0 Å². The highest BCUT2D eigenvalue weighted by Crippen LogP contribution is 2.34. The van der Waals surface area contributed by atoms with E-state index in [9.17, 15) is 18.0 Å². The molecule has 1 nitrogen and oxygen atoms in total. The molecular weight excluding hydrogens is 264 g/mol. The molecule has 1 aromatic carbocycles. The topological polar surface area (TPSA) is 17.1 Å². The monoisotopic (exact) mass is 270 g/mol. The van der Waals surface area contributed by atoms with Crippen LogP contribution in [0.4, 0.5) is 13.2 Å². The summed E-state index contributed by atoms with van der Waals surface area (Å²) in [7, 11) is 0. The molecule has 0 spiro atoms. The maximum absolute atomic E-state index is 12.6. The minimum atomic E-state index is -4.50. The average Bonchev–Trinajstić information content (AvgIpc) is 2.19. The van der Waals surface area contributed by atoms with Gasteiger partial charge in [-0.15, -0.1) is 11.6 Å². The van der Waals surface area contributed by atoms with Gasteiger partial charge in [-0.05, 0) is 24.1 Å². The molecule has 1 aromatic rings. The standard InChI is InChI=1S/C10H7Cl2F3O/c11-7-2-1-6(3-8(12)5-16)9(4-7)10(13,14)15/h1-2,4-5,8H,3H2. The summed E-state index contributed by atoms with van der Waals surface area (Å²) in [6, 6.07) is 3.38. The van der Waals surface area contributed by atoms with Gasteiger partial charge in [0.1, 0.15) is 6.29 Å². The minimum Gasteiger partial charge on any atom is -0.302 e. The van der Waals surface area contributed by atoms with Crippen molar-refractivity contribution < 1.29 is 18.0 Å². The van der Waals surface area contributed by atoms with Crippen molar-refractivity contribution in [3.05, 3.63) is 34.3 Å². The van der Waals surface area contributed by atoms with Gasteiger partial charge in [0, 0.05) is 5.02 Å². The fourth-order valence-electron chi connectivity index (χ4n) is 1.25. The number of carbonyl (C=O) groups excluding carboxylic acids is 1. The third-order valence-corrected chi connectivity index (χ3v) is 2.43. The van der Waals surface area contributed by atoms with Gasteiger partial charge >= 0.3 is 6.18 Å². The van der Waals surface area contributed by atoms with Crippen LogP contribution in [0.3, 0.4) is 0 Å². The smallest absolute Gasteiger partial charge is 0.302 e. The number of benzene rings is 1. The molecule has 0 saturated heterocycles. The van der Waals surface area contributed by atoms with Crippen molar-refractivity contribution in [3.63, 3.8) is 0 Å². The molecule has 0 N–H and O–H groups in total. The maximum atomic E-state index is 12.6. The number of carbonyl (C=O) groups is 1. The van der Waals surface area contributed by atoms with E-state index in [1.165, 1.54) is 12.1 Å². The van der Waals surface area contributed by atoms with E-state index in [2.05, 4.69) is 0 Å². The second-order valence-corrected chi connectivity index (χ2v) is 4.15. The van der Waals surface area contributed by atoms with Gasteiger partial charge in [0.15, 0.2) is 0 Å². The van der Waals surface area contributed by atoms with Crippen molar-refractivity contribution in [2.75, 3.05) is 0 Å².